The fourth-order valence-corrected chi connectivity index (χ4v) is 2.82. The van der Waals surface area contributed by atoms with Crippen molar-refractivity contribution in [3.8, 4) is 5.75 Å². The number of hydrogen-bond acceptors (Lipinski definition) is 6. The molecule has 0 unspecified atom stereocenters. The number of aromatic nitrogens is 4. The summed E-state index contributed by atoms with van der Waals surface area (Å²) in [6, 6.07) is 7.37. The van der Waals surface area contributed by atoms with E-state index in [9.17, 15) is 13.2 Å². The lowest BCUT2D eigenvalue weighted by atomic mass is 10.3. The van der Waals surface area contributed by atoms with E-state index in [0.717, 1.165) is 18.5 Å². The van der Waals surface area contributed by atoms with Crippen LogP contribution in [0.1, 0.15) is 24.5 Å². The van der Waals surface area contributed by atoms with Crippen molar-refractivity contribution in [3.63, 3.8) is 0 Å². The third-order valence-corrected chi connectivity index (χ3v) is 4.49. The topological polar surface area (TPSA) is 87.8 Å². The smallest absolute Gasteiger partial charge is 0.406 e. The van der Waals surface area contributed by atoms with Gasteiger partial charge in [0.1, 0.15) is 11.6 Å². The Labute approximate surface area is 165 Å². The molecule has 0 amide bonds. The van der Waals surface area contributed by atoms with Crippen LogP contribution in [0.2, 0.25) is 0 Å². The highest BCUT2D eigenvalue weighted by molar-refractivity contribution is 9.10. The molecular weight excluding hydrogens is 441 g/mol. The molecule has 0 aliphatic heterocycles. The van der Waals surface area contributed by atoms with Crippen molar-refractivity contribution in [2.45, 2.75) is 25.1 Å². The van der Waals surface area contributed by atoms with Crippen LogP contribution in [0.4, 0.5) is 36.4 Å². The highest BCUT2D eigenvalue weighted by Gasteiger charge is 2.31. The normalized spacial score (nSPS) is 14.0. The summed E-state index contributed by atoms with van der Waals surface area (Å²) < 4.78 is 41.6. The van der Waals surface area contributed by atoms with Gasteiger partial charge in [-0.1, -0.05) is 6.07 Å². The largest absolute Gasteiger partial charge is 0.573 e. The van der Waals surface area contributed by atoms with Gasteiger partial charge in [-0.2, -0.15) is 10.1 Å². The Morgan fingerprint density at radius 3 is 2.75 bits per heavy atom. The number of alkyl halides is 3. The van der Waals surface area contributed by atoms with Gasteiger partial charge >= 0.3 is 6.36 Å². The minimum atomic E-state index is -4.76. The molecule has 2 heterocycles. The number of halogens is 4. The minimum Gasteiger partial charge on any atom is -0.406 e. The molecule has 0 radical (unpaired) electrons. The van der Waals surface area contributed by atoms with Crippen molar-refractivity contribution < 1.29 is 17.9 Å². The van der Waals surface area contributed by atoms with Crippen molar-refractivity contribution in [1.29, 1.82) is 0 Å². The van der Waals surface area contributed by atoms with Crippen LogP contribution in [0.15, 0.2) is 41.0 Å². The fraction of sp³-hybridized carbons (Fsp3) is 0.235. The van der Waals surface area contributed by atoms with E-state index in [1.54, 1.807) is 6.07 Å². The van der Waals surface area contributed by atoms with Crippen molar-refractivity contribution >= 4 is 39.2 Å². The number of aromatic amines is 1. The Morgan fingerprint density at radius 1 is 1.18 bits per heavy atom. The number of benzene rings is 1. The number of ether oxygens (including phenoxy) is 1. The molecule has 1 aliphatic rings. The van der Waals surface area contributed by atoms with Crippen molar-refractivity contribution in [1.82, 2.24) is 20.2 Å². The van der Waals surface area contributed by atoms with Crippen LogP contribution in [0.25, 0.3) is 0 Å². The Morgan fingerprint density at radius 2 is 2.00 bits per heavy atom. The van der Waals surface area contributed by atoms with E-state index in [4.69, 9.17) is 0 Å². The molecule has 0 atom stereocenters. The quantitative estimate of drug-likeness (QED) is 0.472. The second-order valence-corrected chi connectivity index (χ2v) is 7.05. The first kappa shape index (κ1) is 18.5. The van der Waals surface area contributed by atoms with Gasteiger partial charge in [-0.05, 0) is 40.9 Å². The third-order valence-electron chi connectivity index (χ3n) is 3.91. The van der Waals surface area contributed by atoms with Crippen LogP contribution >= 0.6 is 15.9 Å². The van der Waals surface area contributed by atoms with E-state index in [1.165, 1.54) is 24.4 Å². The van der Waals surface area contributed by atoms with E-state index >= 15 is 0 Å². The van der Waals surface area contributed by atoms with E-state index in [2.05, 4.69) is 51.5 Å². The first-order chi connectivity index (χ1) is 13.4. The fourth-order valence-electron chi connectivity index (χ4n) is 2.53. The average Bonchev–Trinajstić information content (AvgIpc) is 3.36. The lowest BCUT2D eigenvalue weighted by Crippen LogP contribution is -2.17. The monoisotopic (exact) mass is 454 g/mol. The number of nitrogens with one attached hydrogen (secondary N) is 3. The van der Waals surface area contributed by atoms with Gasteiger partial charge in [0.2, 0.25) is 5.95 Å². The lowest BCUT2D eigenvalue weighted by molar-refractivity contribution is -0.274. The van der Waals surface area contributed by atoms with Gasteiger partial charge in [0.05, 0.1) is 10.2 Å². The Balaban J connectivity index is 1.49. The number of hydrogen-bond donors (Lipinski definition) is 3. The summed E-state index contributed by atoms with van der Waals surface area (Å²) in [4.78, 5) is 8.47. The molecule has 1 fully saturated rings. The molecule has 0 bridgehead atoms. The van der Waals surface area contributed by atoms with Crippen LogP contribution in [-0.2, 0) is 0 Å². The average molecular weight is 455 g/mol. The summed E-state index contributed by atoms with van der Waals surface area (Å²) in [5.41, 5.74) is 1.36. The van der Waals surface area contributed by atoms with E-state index in [0.29, 0.717) is 27.7 Å². The van der Waals surface area contributed by atoms with E-state index in [1.807, 2.05) is 6.07 Å². The number of anilines is 4. The molecular formula is C17H14BrF3N6O. The lowest BCUT2D eigenvalue weighted by Gasteiger charge is -2.11. The zero-order valence-electron chi connectivity index (χ0n) is 14.2. The molecule has 28 heavy (non-hydrogen) atoms. The second kappa shape index (κ2) is 7.30. The van der Waals surface area contributed by atoms with Crippen LogP contribution in [0.5, 0.6) is 5.75 Å². The Hall–Kier alpha value is -2.82. The van der Waals surface area contributed by atoms with Crippen molar-refractivity contribution in [2.24, 2.45) is 0 Å². The summed E-state index contributed by atoms with van der Waals surface area (Å²) in [6.07, 6.45) is -0.932. The maximum Gasteiger partial charge on any atom is 0.573 e. The summed E-state index contributed by atoms with van der Waals surface area (Å²) in [5, 5.41) is 13.2. The Kier molecular flexibility index (Phi) is 4.84. The molecule has 146 valence electrons. The number of nitrogens with zero attached hydrogens (tertiary/aromatic N) is 3. The van der Waals surface area contributed by atoms with E-state index in [-0.39, 0.29) is 11.7 Å². The minimum absolute atomic E-state index is 0.205. The summed E-state index contributed by atoms with van der Waals surface area (Å²) in [5.74, 6) is 1.55. The molecule has 1 aliphatic carbocycles. The van der Waals surface area contributed by atoms with Crippen LogP contribution in [-0.4, -0.2) is 26.5 Å². The van der Waals surface area contributed by atoms with Gasteiger partial charge in [0, 0.05) is 29.9 Å². The first-order valence-electron chi connectivity index (χ1n) is 8.33. The van der Waals surface area contributed by atoms with Gasteiger partial charge in [-0.15, -0.1) is 13.2 Å². The highest BCUT2D eigenvalue weighted by Crippen LogP contribution is 2.39. The molecule has 7 nitrogen and oxygen atoms in total. The first-order valence-corrected chi connectivity index (χ1v) is 9.13. The second-order valence-electron chi connectivity index (χ2n) is 6.20. The van der Waals surface area contributed by atoms with Gasteiger partial charge in [-0.25, -0.2) is 4.98 Å². The van der Waals surface area contributed by atoms with E-state index < -0.39 is 6.36 Å². The summed E-state index contributed by atoms with van der Waals surface area (Å²) >= 11 is 3.37. The SMILES string of the molecule is FC(F)(F)Oc1cccc(Nc2ncc(Br)c(Nc3cc(C4CC4)n[nH]3)n2)c1. The van der Waals surface area contributed by atoms with Crippen LogP contribution in [0, 0.1) is 0 Å². The van der Waals surface area contributed by atoms with Gasteiger partial charge in [0.15, 0.2) is 5.82 Å². The predicted octanol–water partition coefficient (Wildman–Crippen LogP) is 5.23. The predicted molar refractivity (Wildman–Crippen MR) is 100.0 cm³/mol. The molecule has 2 aromatic heterocycles. The molecule has 11 heteroatoms. The maximum atomic E-state index is 12.4. The maximum absolute atomic E-state index is 12.4. The zero-order chi connectivity index (χ0) is 19.7. The molecule has 3 aromatic rings. The number of H-pyrrole nitrogens is 1. The Bertz CT molecular complexity index is 989. The summed E-state index contributed by atoms with van der Waals surface area (Å²) in [7, 11) is 0. The molecule has 4 rings (SSSR count). The molecule has 1 saturated carbocycles. The standard InChI is InChI=1S/C17H14BrF3N6O/c18-12-8-22-16(23-10-2-1-3-11(6-10)28-17(19,20)21)25-15(12)24-14-7-13(26-27-14)9-4-5-9/h1-3,6-9H,4-5H2,(H3,22,23,24,25,26,27). The van der Waals surface area contributed by atoms with Gasteiger partial charge in [0.25, 0.3) is 0 Å². The van der Waals surface area contributed by atoms with Crippen molar-refractivity contribution in [3.05, 3.63) is 46.7 Å². The molecule has 1 aromatic carbocycles. The number of rotatable bonds is 6. The van der Waals surface area contributed by atoms with Crippen LogP contribution < -0.4 is 15.4 Å². The van der Waals surface area contributed by atoms with Gasteiger partial charge < -0.3 is 15.4 Å². The van der Waals surface area contributed by atoms with Crippen LogP contribution in [0.3, 0.4) is 0 Å². The molecule has 0 saturated heterocycles. The highest BCUT2D eigenvalue weighted by atomic mass is 79.9. The molecule has 0 spiro atoms. The summed E-state index contributed by atoms with van der Waals surface area (Å²) in [6.45, 7) is 0. The molecule has 3 N–H and O–H groups in total. The van der Waals surface area contributed by atoms with Crippen molar-refractivity contribution in [2.75, 3.05) is 10.6 Å². The zero-order valence-corrected chi connectivity index (χ0v) is 15.8. The van der Waals surface area contributed by atoms with Gasteiger partial charge in [-0.3, -0.25) is 5.10 Å². The third kappa shape index (κ3) is 4.71.